The monoisotopic (exact) mass is 484 g/mol. The Hall–Kier alpha value is -3.07. The molecule has 0 bridgehead atoms. The van der Waals surface area contributed by atoms with Crippen molar-refractivity contribution in [2.45, 2.75) is 50.5 Å². The van der Waals surface area contributed by atoms with E-state index in [-0.39, 0.29) is 19.1 Å². The third kappa shape index (κ3) is 7.48. The molecule has 0 spiro atoms. The number of benzene rings is 3. The van der Waals surface area contributed by atoms with Gasteiger partial charge >= 0.3 is 0 Å². The van der Waals surface area contributed by atoms with Crippen LogP contribution in [0.25, 0.3) is 0 Å². The smallest absolute Gasteiger partial charge is 0.244 e. The first-order chi connectivity index (χ1) is 16.2. The van der Waals surface area contributed by atoms with Gasteiger partial charge in [0.2, 0.25) is 15.9 Å². The van der Waals surface area contributed by atoms with Crippen LogP contribution >= 0.6 is 0 Å². The molecule has 180 valence electrons. The fourth-order valence-corrected chi connectivity index (χ4v) is 4.63. The highest BCUT2D eigenvalue weighted by Crippen LogP contribution is 2.15. The van der Waals surface area contributed by atoms with Crippen LogP contribution in [0.2, 0.25) is 0 Å². The van der Waals surface area contributed by atoms with Crippen molar-refractivity contribution in [1.82, 2.24) is 10.0 Å². The van der Waals surface area contributed by atoms with Crippen molar-refractivity contribution in [3.8, 4) is 0 Å². The maximum Gasteiger partial charge on any atom is 0.244 e. The van der Waals surface area contributed by atoms with E-state index in [0.717, 1.165) is 22.8 Å². The Morgan fingerprint density at radius 2 is 1.56 bits per heavy atom. The van der Waals surface area contributed by atoms with Crippen molar-refractivity contribution < 1.29 is 22.3 Å². The van der Waals surface area contributed by atoms with Gasteiger partial charge in [-0.3, -0.25) is 4.79 Å². The highest BCUT2D eigenvalue weighted by Gasteiger charge is 2.27. The number of halogens is 1. The molecule has 0 aromatic heterocycles. The molecule has 0 aliphatic carbocycles. The first-order valence-corrected chi connectivity index (χ1v) is 12.5. The number of rotatable bonds is 11. The SMILES string of the molecule is CC(C)OCc1cccc(CNC(=O)[C@H](Cc2ccccc2)NS(=O)(=O)c2ccccc2F)c1. The molecule has 0 heterocycles. The summed E-state index contributed by atoms with van der Waals surface area (Å²) in [6, 6.07) is 20.6. The highest BCUT2D eigenvalue weighted by molar-refractivity contribution is 7.89. The van der Waals surface area contributed by atoms with Crippen LogP contribution in [-0.2, 0) is 39.1 Å². The normalized spacial score (nSPS) is 12.5. The average molecular weight is 485 g/mol. The minimum atomic E-state index is -4.26. The lowest BCUT2D eigenvalue weighted by Gasteiger charge is -2.19. The first-order valence-electron chi connectivity index (χ1n) is 11.0. The summed E-state index contributed by atoms with van der Waals surface area (Å²) in [4.78, 5) is 12.6. The van der Waals surface area contributed by atoms with Gasteiger partial charge in [-0.25, -0.2) is 12.8 Å². The van der Waals surface area contributed by atoms with Gasteiger partial charge in [-0.1, -0.05) is 66.7 Å². The third-order valence-corrected chi connectivity index (χ3v) is 6.57. The predicted molar refractivity (Wildman–Crippen MR) is 129 cm³/mol. The molecule has 0 radical (unpaired) electrons. The van der Waals surface area contributed by atoms with E-state index in [1.165, 1.54) is 18.2 Å². The molecular weight excluding hydrogens is 455 g/mol. The lowest BCUT2D eigenvalue weighted by Crippen LogP contribution is -2.47. The van der Waals surface area contributed by atoms with E-state index in [1.807, 2.05) is 44.2 Å². The molecular formula is C26H29FN2O4S. The standard InChI is InChI=1S/C26H29FN2O4S/c1-19(2)33-18-22-12-8-11-21(15-22)17-28-26(30)24(16-20-9-4-3-5-10-20)29-34(31,32)25-14-7-6-13-23(25)27/h3-15,19,24,29H,16-18H2,1-2H3,(H,28,30)/t24-/m0/s1. The van der Waals surface area contributed by atoms with Crippen LogP contribution in [0.5, 0.6) is 0 Å². The summed E-state index contributed by atoms with van der Waals surface area (Å²) in [5, 5.41) is 2.80. The van der Waals surface area contributed by atoms with Crippen molar-refractivity contribution in [1.29, 1.82) is 0 Å². The van der Waals surface area contributed by atoms with Gasteiger partial charge in [0, 0.05) is 6.54 Å². The van der Waals surface area contributed by atoms with Gasteiger partial charge in [0.05, 0.1) is 12.7 Å². The molecule has 0 unspecified atom stereocenters. The Bertz CT molecular complexity index is 1200. The maximum atomic E-state index is 14.2. The molecule has 0 aliphatic heterocycles. The summed E-state index contributed by atoms with van der Waals surface area (Å²) < 4.78 is 47.9. The number of nitrogens with one attached hydrogen (secondary N) is 2. The maximum absolute atomic E-state index is 14.2. The van der Waals surface area contributed by atoms with Gasteiger partial charge in [0.15, 0.2) is 0 Å². The summed E-state index contributed by atoms with van der Waals surface area (Å²) >= 11 is 0. The summed E-state index contributed by atoms with van der Waals surface area (Å²) in [6.45, 7) is 4.58. The molecule has 34 heavy (non-hydrogen) atoms. The van der Waals surface area contributed by atoms with Gasteiger partial charge in [0.1, 0.15) is 16.8 Å². The predicted octanol–water partition coefficient (Wildman–Crippen LogP) is 3.96. The highest BCUT2D eigenvalue weighted by atomic mass is 32.2. The average Bonchev–Trinajstić information content (AvgIpc) is 2.82. The molecule has 3 aromatic carbocycles. The number of carbonyl (C=O) groups is 1. The van der Waals surface area contributed by atoms with Crippen molar-refractivity contribution in [3.63, 3.8) is 0 Å². The number of sulfonamides is 1. The van der Waals surface area contributed by atoms with Gasteiger partial charge in [-0.05, 0) is 49.1 Å². The number of carbonyl (C=O) groups excluding carboxylic acids is 1. The number of ether oxygens (including phenoxy) is 1. The van der Waals surface area contributed by atoms with Gasteiger partial charge in [-0.15, -0.1) is 0 Å². The molecule has 0 saturated heterocycles. The van der Waals surface area contributed by atoms with Crippen molar-refractivity contribution in [2.75, 3.05) is 0 Å². The molecule has 0 saturated carbocycles. The van der Waals surface area contributed by atoms with E-state index in [2.05, 4.69) is 10.0 Å². The Morgan fingerprint density at radius 1 is 0.912 bits per heavy atom. The molecule has 8 heteroatoms. The third-order valence-electron chi connectivity index (χ3n) is 5.06. The largest absolute Gasteiger partial charge is 0.374 e. The van der Waals surface area contributed by atoms with Gasteiger partial charge in [-0.2, -0.15) is 4.72 Å². The Kier molecular flexibility index (Phi) is 8.92. The molecule has 3 rings (SSSR count). The second kappa shape index (κ2) is 11.9. The van der Waals surface area contributed by atoms with Crippen molar-refractivity contribution in [3.05, 3.63) is 101 Å². The molecule has 3 aromatic rings. The van der Waals surface area contributed by atoms with Crippen molar-refractivity contribution in [2.24, 2.45) is 0 Å². The minimum Gasteiger partial charge on any atom is -0.374 e. The zero-order valence-corrected chi connectivity index (χ0v) is 20.0. The van der Waals surface area contributed by atoms with Crippen LogP contribution in [-0.4, -0.2) is 26.5 Å². The van der Waals surface area contributed by atoms with Gasteiger partial charge in [0.25, 0.3) is 0 Å². The molecule has 6 nitrogen and oxygen atoms in total. The molecule has 0 fully saturated rings. The van der Waals surface area contributed by atoms with E-state index in [1.54, 1.807) is 24.3 Å². The second-order valence-electron chi connectivity index (χ2n) is 8.19. The summed E-state index contributed by atoms with van der Waals surface area (Å²) in [6.07, 6.45) is 0.215. The fourth-order valence-electron chi connectivity index (χ4n) is 3.36. The number of hydrogen-bond donors (Lipinski definition) is 2. The van der Waals surface area contributed by atoms with E-state index >= 15 is 0 Å². The van der Waals surface area contributed by atoms with Crippen LogP contribution < -0.4 is 10.0 Å². The molecule has 1 atom stereocenters. The minimum absolute atomic E-state index is 0.101. The Morgan fingerprint density at radius 3 is 2.26 bits per heavy atom. The summed E-state index contributed by atoms with van der Waals surface area (Å²) in [5.41, 5.74) is 2.60. The zero-order chi connectivity index (χ0) is 24.6. The molecule has 2 N–H and O–H groups in total. The second-order valence-corrected chi connectivity index (χ2v) is 9.87. The Balaban J connectivity index is 1.75. The number of amides is 1. The van der Waals surface area contributed by atoms with E-state index in [0.29, 0.717) is 6.61 Å². The van der Waals surface area contributed by atoms with Crippen LogP contribution in [0.4, 0.5) is 4.39 Å². The summed E-state index contributed by atoms with van der Waals surface area (Å²) in [7, 11) is -4.26. The van der Waals surface area contributed by atoms with E-state index in [4.69, 9.17) is 4.74 Å². The van der Waals surface area contributed by atoms with Gasteiger partial charge < -0.3 is 10.1 Å². The van der Waals surface area contributed by atoms with Crippen LogP contribution in [0.15, 0.2) is 83.8 Å². The molecule has 1 amide bonds. The lowest BCUT2D eigenvalue weighted by atomic mass is 10.1. The fraction of sp³-hybridized carbons (Fsp3) is 0.269. The quantitative estimate of drug-likeness (QED) is 0.432. The summed E-state index contributed by atoms with van der Waals surface area (Å²) in [5.74, 6) is -1.39. The van der Waals surface area contributed by atoms with E-state index < -0.39 is 32.7 Å². The van der Waals surface area contributed by atoms with Crippen LogP contribution in [0, 0.1) is 5.82 Å². The van der Waals surface area contributed by atoms with Crippen molar-refractivity contribution >= 4 is 15.9 Å². The zero-order valence-electron chi connectivity index (χ0n) is 19.2. The Labute approximate surface area is 200 Å². The lowest BCUT2D eigenvalue weighted by molar-refractivity contribution is -0.122. The molecule has 0 aliphatic rings. The van der Waals surface area contributed by atoms with Crippen LogP contribution in [0.3, 0.4) is 0 Å². The topological polar surface area (TPSA) is 84.5 Å². The van der Waals surface area contributed by atoms with Crippen LogP contribution in [0.1, 0.15) is 30.5 Å². The van der Waals surface area contributed by atoms with E-state index in [9.17, 15) is 17.6 Å². The number of hydrogen-bond acceptors (Lipinski definition) is 4. The first kappa shape index (κ1) is 25.6.